The standard InChI is InChI=1S/C16H13FO4/c1-10-6-7-14(15(17)13(10)8-18)21-9-11-4-2-3-5-12(11)16(19)20/h2-8H,9H2,1H3,(H,19,20). The lowest BCUT2D eigenvalue weighted by atomic mass is 10.1. The molecule has 108 valence electrons. The Labute approximate surface area is 120 Å². The molecular formula is C16H13FO4. The highest BCUT2D eigenvalue weighted by molar-refractivity contribution is 5.89. The fraction of sp³-hybridized carbons (Fsp3) is 0.125. The molecule has 0 radical (unpaired) electrons. The number of hydrogen-bond donors (Lipinski definition) is 1. The summed E-state index contributed by atoms with van der Waals surface area (Å²) in [5.74, 6) is -1.90. The monoisotopic (exact) mass is 288 g/mol. The Morgan fingerprint density at radius 2 is 2.00 bits per heavy atom. The maximum Gasteiger partial charge on any atom is 0.336 e. The number of rotatable bonds is 5. The summed E-state index contributed by atoms with van der Waals surface area (Å²) in [6.45, 7) is 1.52. The second-order valence-corrected chi connectivity index (χ2v) is 4.48. The number of carboxylic acids is 1. The van der Waals surface area contributed by atoms with Crippen molar-refractivity contribution in [2.24, 2.45) is 0 Å². The van der Waals surface area contributed by atoms with Crippen molar-refractivity contribution in [3.63, 3.8) is 0 Å². The highest BCUT2D eigenvalue weighted by Gasteiger charge is 2.14. The molecule has 2 aromatic rings. The molecule has 0 aliphatic carbocycles. The molecule has 0 unspecified atom stereocenters. The van der Waals surface area contributed by atoms with E-state index in [4.69, 9.17) is 9.84 Å². The Morgan fingerprint density at radius 3 is 2.67 bits per heavy atom. The van der Waals surface area contributed by atoms with Gasteiger partial charge in [0.15, 0.2) is 17.9 Å². The fourth-order valence-corrected chi connectivity index (χ4v) is 1.94. The molecule has 5 heteroatoms. The van der Waals surface area contributed by atoms with E-state index in [1.54, 1.807) is 31.2 Å². The van der Waals surface area contributed by atoms with Gasteiger partial charge in [0.2, 0.25) is 0 Å². The van der Waals surface area contributed by atoms with Gasteiger partial charge >= 0.3 is 5.97 Å². The number of aryl methyl sites for hydroxylation is 1. The van der Waals surface area contributed by atoms with E-state index in [2.05, 4.69) is 0 Å². The number of halogens is 1. The number of aldehydes is 1. The average Bonchev–Trinajstić information content (AvgIpc) is 2.47. The van der Waals surface area contributed by atoms with Gasteiger partial charge < -0.3 is 9.84 Å². The molecule has 0 saturated carbocycles. The summed E-state index contributed by atoms with van der Waals surface area (Å²) >= 11 is 0. The molecule has 2 aromatic carbocycles. The molecule has 0 atom stereocenters. The van der Waals surface area contributed by atoms with Crippen LogP contribution in [0, 0.1) is 12.7 Å². The van der Waals surface area contributed by atoms with Gasteiger partial charge in [-0.2, -0.15) is 0 Å². The summed E-state index contributed by atoms with van der Waals surface area (Å²) in [4.78, 5) is 21.9. The highest BCUT2D eigenvalue weighted by Crippen LogP contribution is 2.23. The van der Waals surface area contributed by atoms with Crippen molar-refractivity contribution in [3.8, 4) is 5.75 Å². The smallest absolute Gasteiger partial charge is 0.336 e. The zero-order valence-corrected chi connectivity index (χ0v) is 11.3. The van der Waals surface area contributed by atoms with Crippen molar-refractivity contribution < 1.29 is 23.8 Å². The second-order valence-electron chi connectivity index (χ2n) is 4.48. The number of carboxylic acid groups (broad SMARTS) is 1. The summed E-state index contributed by atoms with van der Waals surface area (Å²) in [6, 6.07) is 9.31. The lowest BCUT2D eigenvalue weighted by molar-refractivity contribution is 0.0693. The first kappa shape index (κ1) is 14.7. The average molecular weight is 288 g/mol. The van der Waals surface area contributed by atoms with Crippen molar-refractivity contribution in [3.05, 3.63) is 64.5 Å². The van der Waals surface area contributed by atoms with Gasteiger partial charge in [-0.05, 0) is 24.6 Å². The van der Waals surface area contributed by atoms with E-state index in [1.165, 1.54) is 12.1 Å². The number of ether oxygens (including phenoxy) is 1. The van der Waals surface area contributed by atoms with Crippen molar-refractivity contribution in [1.29, 1.82) is 0 Å². The number of carbonyl (C=O) groups is 2. The summed E-state index contributed by atoms with van der Waals surface area (Å²) in [5.41, 5.74) is 0.984. The van der Waals surface area contributed by atoms with Gasteiger partial charge in [0.25, 0.3) is 0 Å². The summed E-state index contributed by atoms with van der Waals surface area (Å²) in [7, 11) is 0. The molecule has 0 spiro atoms. The van der Waals surface area contributed by atoms with Crippen LogP contribution in [-0.2, 0) is 6.61 Å². The minimum Gasteiger partial charge on any atom is -0.486 e. The molecule has 1 N–H and O–H groups in total. The van der Waals surface area contributed by atoms with Crippen molar-refractivity contribution in [2.45, 2.75) is 13.5 Å². The molecule has 0 aliphatic rings. The molecule has 4 nitrogen and oxygen atoms in total. The van der Waals surface area contributed by atoms with E-state index in [0.717, 1.165) is 0 Å². The lowest BCUT2D eigenvalue weighted by Gasteiger charge is -2.11. The molecule has 0 fully saturated rings. The lowest BCUT2D eigenvalue weighted by Crippen LogP contribution is -2.06. The maximum absolute atomic E-state index is 14.0. The molecule has 2 rings (SSSR count). The summed E-state index contributed by atoms with van der Waals surface area (Å²) < 4.78 is 19.3. The van der Waals surface area contributed by atoms with Crippen LogP contribution >= 0.6 is 0 Å². The van der Waals surface area contributed by atoms with Gasteiger partial charge in [-0.3, -0.25) is 4.79 Å². The topological polar surface area (TPSA) is 63.6 Å². The molecular weight excluding hydrogens is 275 g/mol. The molecule has 0 aliphatic heterocycles. The van der Waals surface area contributed by atoms with Crippen LogP contribution in [0.1, 0.15) is 31.8 Å². The second kappa shape index (κ2) is 6.17. The molecule has 0 heterocycles. The SMILES string of the molecule is Cc1ccc(OCc2ccccc2C(=O)O)c(F)c1C=O. The third kappa shape index (κ3) is 3.08. The van der Waals surface area contributed by atoms with E-state index in [1.807, 2.05) is 0 Å². The van der Waals surface area contributed by atoms with Gasteiger partial charge in [-0.15, -0.1) is 0 Å². The van der Waals surface area contributed by atoms with E-state index in [-0.39, 0.29) is 23.5 Å². The minimum absolute atomic E-state index is 0.0565. The van der Waals surface area contributed by atoms with Crippen molar-refractivity contribution in [1.82, 2.24) is 0 Å². The quantitative estimate of drug-likeness (QED) is 0.858. The fourth-order valence-electron chi connectivity index (χ4n) is 1.94. The van der Waals surface area contributed by atoms with E-state index in [0.29, 0.717) is 17.4 Å². The maximum atomic E-state index is 14.0. The van der Waals surface area contributed by atoms with Gasteiger partial charge in [0.1, 0.15) is 6.61 Å². The number of hydrogen-bond acceptors (Lipinski definition) is 3. The van der Waals surface area contributed by atoms with Gasteiger partial charge in [-0.1, -0.05) is 24.3 Å². The summed E-state index contributed by atoms with van der Waals surface area (Å²) in [6.07, 6.45) is 0.433. The van der Waals surface area contributed by atoms with Crippen molar-refractivity contribution in [2.75, 3.05) is 0 Å². The Balaban J connectivity index is 2.25. The third-order valence-corrected chi connectivity index (χ3v) is 3.11. The first-order valence-electron chi connectivity index (χ1n) is 6.23. The zero-order valence-electron chi connectivity index (χ0n) is 11.3. The normalized spacial score (nSPS) is 10.2. The molecule has 0 bridgehead atoms. The number of aromatic carboxylic acids is 1. The van der Waals surface area contributed by atoms with Gasteiger partial charge in [0, 0.05) is 5.56 Å². The van der Waals surface area contributed by atoms with Crippen LogP contribution < -0.4 is 4.74 Å². The summed E-state index contributed by atoms with van der Waals surface area (Å²) in [5, 5.41) is 9.06. The minimum atomic E-state index is -1.08. The highest BCUT2D eigenvalue weighted by atomic mass is 19.1. The van der Waals surface area contributed by atoms with Gasteiger partial charge in [0.05, 0.1) is 11.1 Å². The Morgan fingerprint density at radius 1 is 1.29 bits per heavy atom. The van der Waals surface area contributed by atoms with Gasteiger partial charge in [-0.25, -0.2) is 9.18 Å². The van der Waals surface area contributed by atoms with Crippen molar-refractivity contribution >= 4 is 12.3 Å². The largest absolute Gasteiger partial charge is 0.486 e. The predicted octanol–water partition coefficient (Wildman–Crippen LogP) is 3.22. The Bertz CT molecular complexity index is 695. The Kier molecular flexibility index (Phi) is 4.33. The number of benzene rings is 2. The van der Waals surface area contributed by atoms with Crippen LogP contribution in [-0.4, -0.2) is 17.4 Å². The first-order chi connectivity index (χ1) is 10.0. The Hall–Kier alpha value is -2.69. The van der Waals surface area contributed by atoms with Crippen LogP contribution in [0.4, 0.5) is 4.39 Å². The molecule has 0 amide bonds. The van der Waals surface area contributed by atoms with E-state index < -0.39 is 11.8 Å². The van der Waals surface area contributed by atoms with Crippen LogP contribution in [0.5, 0.6) is 5.75 Å². The number of carbonyl (C=O) groups excluding carboxylic acids is 1. The molecule has 21 heavy (non-hydrogen) atoms. The molecule has 0 saturated heterocycles. The van der Waals surface area contributed by atoms with Crippen LogP contribution in [0.15, 0.2) is 36.4 Å². The predicted molar refractivity (Wildman–Crippen MR) is 74.3 cm³/mol. The van der Waals surface area contributed by atoms with E-state index in [9.17, 15) is 14.0 Å². The van der Waals surface area contributed by atoms with Crippen LogP contribution in [0.25, 0.3) is 0 Å². The third-order valence-electron chi connectivity index (χ3n) is 3.11. The van der Waals surface area contributed by atoms with Crippen LogP contribution in [0.2, 0.25) is 0 Å². The van der Waals surface area contributed by atoms with E-state index >= 15 is 0 Å². The first-order valence-corrected chi connectivity index (χ1v) is 6.23. The van der Waals surface area contributed by atoms with Crippen LogP contribution in [0.3, 0.4) is 0 Å². The molecule has 0 aromatic heterocycles. The zero-order chi connectivity index (χ0) is 15.4.